The molecule has 0 aliphatic heterocycles. The molecule has 3 N–H and O–H groups in total. The monoisotopic (exact) mass is 375 g/mol. The van der Waals surface area contributed by atoms with E-state index in [-0.39, 0.29) is 18.4 Å². The third-order valence-electron chi connectivity index (χ3n) is 4.26. The molecule has 8 heteroatoms. The van der Waals surface area contributed by atoms with Crippen molar-refractivity contribution in [2.45, 2.75) is 51.1 Å². The number of hydrogen-bond acceptors (Lipinski definition) is 5. The molecule has 0 saturated heterocycles. The molecule has 27 heavy (non-hydrogen) atoms. The number of imide groups is 1. The molecule has 0 unspecified atom stereocenters. The fourth-order valence-electron chi connectivity index (χ4n) is 3.01. The highest BCUT2D eigenvalue weighted by Crippen LogP contribution is 2.18. The summed E-state index contributed by atoms with van der Waals surface area (Å²) in [6, 6.07) is 7.95. The van der Waals surface area contributed by atoms with Crippen molar-refractivity contribution in [2.75, 3.05) is 6.61 Å². The molecule has 0 radical (unpaired) electrons. The Kier molecular flexibility index (Phi) is 7.79. The van der Waals surface area contributed by atoms with Gasteiger partial charge in [0.25, 0.3) is 5.91 Å². The number of hydrogen-bond donors (Lipinski definition) is 3. The zero-order valence-corrected chi connectivity index (χ0v) is 15.3. The van der Waals surface area contributed by atoms with Crippen molar-refractivity contribution in [3.63, 3.8) is 0 Å². The predicted octanol–water partition coefficient (Wildman–Crippen LogP) is 1.57. The van der Waals surface area contributed by atoms with E-state index < -0.39 is 30.6 Å². The Morgan fingerprint density at radius 2 is 1.78 bits per heavy atom. The first-order valence-corrected chi connectivity index (χ1v) is 9.02. The lowest BCUT2D eigenvalue weighted by Crippen LogP contribution is -2.45. The standard InChI is InChI=1S/C19H25N3O5/c1-13(23)20-16(14-7-3-2-4-8-14)11-18(25)27-12-17(24)22-19(26)21-15-9-5-6-10-15/h2-4,7-8,15-16H,5-6,9-12H2,1H3,(H,20,23)(H2,21,22,24,26)/t16-/m1/s1. The molecule has 8 nitrogen and oxygen atoms in total. The van der Waals surface area contributed by atoms with E-state index in [1.54, 1.807) is 24.3 Å². The van der Waals surface area contributed by atoms with Gasteiger partial charge in [0, 0.05) is 13.0 Å². The smallest absolute Gasteiger partial charge is 0.321 e. The van der Waals surface area contributed by atoms with Crippen LogP contribution in [0.5, 0.6) is 0 Å². The average molecular weight is 375 g/mol. The van der Waals surface area contributed by atoms with Gasteiger partial charge >= 0.3 is 12.0 Å². The van der Waals surface area contributed by atoms with E-state index in [0.717, 1.165) is 31.2 Å². The number of esters is 1. The van der Waals surface area contributed by atoms with Gasteiger partial charge in [0.15, 0.2) is 6.61 Å². The minimum absolute atomic E-state index is 0.0876. The fourth-order valence-corrected chi connectivity index (χ4v) is 3.01. The first-order chi connectivity index (χ1) is 12.9. The molecule has 0 heterocycles. The van der Waals surface area contributed by atoms with Crippen LogP contribution in [0.25, 0.3) is 0 Å². The lowest BCUT2D eigenvalue weighted by atomic mass is 10.0. The highest BCUT2D eigenvalue weighted by atomic mass is 16.5. The topological polar surface area (TPSA) is 114 Å². The van der Waals surface area contributed by atoms with Crippen LogP contribution < -0.4 is 16.0 Å². The van der Waals surface area contributed by atoms with Gasteiger partial charge in [0.1, 0.15) is 0 Å². The first-order valence-electron chi connectivity index (χ1n) is 9.02. The number of nitrogens with one attached hydrogen (secondary N) is 3. The quantitative estimate of drug-likeness (QED) is 0.626. The molecule has 1 aliphatic carbocycles. The second-order valence-electron chi connectivity index (χ2n) is 6.53. The maximum atomic E-state index is 12.0. The molecule has 4 amide bonds. The minimum atomic E-state index is -0.699. The van der Waals surface area contributed by atoms with E-state index in [4.69, 9.17) is 4.74 Å². The molecular formula is C19H25N3O5. The molecule has 1 aromatic carbocycles. The van der Waals surface area contributed by atoms with Crippen LogP contribution in [0.15, 0.2) is 30.3 Å². The summed E-state index contributed by atoms with van der Waals surface area (Å²) in [6.07, 6.45) is 3.81. The Morgan fingerprint density at radius 3 is 2.41 bits per heavy atom. The number of amides is 4. The summed E-state index contributed by atoms with van der Waals surface area (Å²) >= 11 is 0. The van der Waals surface area contributed by atoms with E-state index in [2.05, 4.69) is 16.0 Å². The molecule has 0 bridgehead atoms. The highest BCUT2D eigenvalue weighted by Gasteiger charge is 2.20. The molecule has 2 rings (SSSR count). The van der Waals surface area contributed by atoms with E-state index in [9.17, 15) is 19.2 Å². The van der Waals surface area contributed by atoms with Gasteiger partial charge in [-0.1, -0.05) is 43.2 Å². The maximum Gasteiger partial charge on any atom is 0.321 e. The molecule has 146 valence electrons. The summed E-state index contributed by atoms with van der Waals surface area (Å²) in [4.78, 5) is 46.8. The largest absolute Gasteiger partial charge is 0.455 e. The van der Waals surface area contributed by atoms with E-state index in [1.165, 1.54) is 6.92 Å². The predicted molar refractivity (Wildman–Crippen MR) is 97.5 cm³/mol. The van der Waals surface area contributed by atoms with Crippen LogP contribution >= 0.6 is 0 Å². The van der Waals surface area contributed by atoms with Gasteiger partial charge in [-0.05, 0) is 18.4 Å². The van der Waals surface area contributed by atoms with Gasteiger partial charge in [0.05, 0.1) is 12.5 Å². The van der Waals surface area contributed by atoms with Crippen molar-refractivity contribution in [2.24, 2.45) is 0 Å². The van der Waals surface area contributed by atoms with Crippen LogP contribution in [0, 0.1) is 0 Å². The summed E-state index contributed by atoms with van der Waals surface area (Å²) in [6.45, 7) is 0.802. The summed E-state index contributed by atoms with van der Waals surface area (Å²) < 4.78 is 4.93. The van der Waals surface area contributed by atoms with Crippen molar-refractivity contribution < 1.29 is 23.9 Å². The Labute approximate surface area is 158 Å². The third kappa shape index (κ3) is 7.47. The number of carbonyl (C=O) groups is 4. The first kappa shape index (κ1) is 20.4. The van der Waals surface area contributed by atoms with E-state index in [1.807, 2.05) is 6.07 Å². The average Bonchev–Trinajstić information content (AvgIpc) is 3.12. The number of carbonyl (C=O) groups excluding carboxylic acids is 4. The SMILES string of the molecule is CC(=O)N[C@H](CC(=O)OCC(=O)NC(=O)NC1CCCC1)c1ccccc1. The van der Waals surface area contributed by atoms with Crippen LogP contribution in [0.3, 0.4) is 0 Å². The van der Waals surface area contributed by atoms with Gasteiger partial charge in [-0.15, -0.1) is 0 Å². The number of urea groups is 1. The van der Waals surface area contributed by atoms with Gasteiger partial charge in [0.2, 0.25) is 5.91 Å². The van der Waals surface area contributed by atoms with Crippen LogP contribution in [0.1, 0.15) is 50.6 Å². The summed E-state index contributed by atoms with van der Waals surface area (Å²) in [5.74, 6) is -1.63. The van der Waals surface area contributed by atoms with Crippen molar-refractivity contribution in [1.82, 2.24) is 16.0 Å². The molecule has 1 aliphatic rings. The van der Waals surface area contributed by atoms with Crippen molar-refractivity contribution in [3.05, 3.63) is 35.9 Å². The van der Waals surface area contributed by atoms with Gasteiger partial charge in [-0.25, -0.2) is 4.79 Å². The second kappa shape index (κ2) is 10.3. The van der Waals surface area contributed by atoms with Crippen LogP contribution in [-0.2, 0) is 19.1 Å². The second-order valence-corrected chi connectivity index (χ2v) is 6.53. The van der Waals surface area contributed by atoms with Crippen molar-refractivity contribution in [1.29, 1.82) is 0 Å². The highest BCUT2D eigenvalue weighted by molar-refractivity contribution is 5.95. The molecule has 0 aromatic heterocycles. The van der Waals surface area contributed by atoms with Gasteiger partial charge in [-0.3, -0.25) is 19.7 Å². The van der Waals surface area contributed by atoms with Crippen molar-refractivity contribution in [3.8, 4) is 0 Å². The van der Waals surface area contributed by atoms with Crippen molar-refractivity contribution >= 4 is 23.8 Å². The van der Waals surface area contributed by atoms with Crippen LogP contribution in [0.2, 0.25) is 0 Å². The molecular weight excluding hydrogens is 350 g/mol. The Bertz CT molecular complexity index is 671. The summed E-state index contributed by atoms with van der Waals surface area (Å²) in [7, 11) is 0. The number of rotatable bonds is 7. The zero-order valence-electron chi connectivity index (χ0n) is 15.3. The van der Waals surface area contributed by atoms with E-state index in [0.29, 0.717) is 0 Å². The Hall–Kier alpha value is -2.90. The molecule has 0 spiro atoms. The number of ether oxygens (including phenoxy) is 1. The zero-order chi connectivity index (χ0) is 19.6. The molecule has 1 atom stereocenters. The maximum absolute atomic E-state index is 12.0. The lowest BCUT2D eigenvalue weighted by molar-refractivity contribution is -0.148. The fraction of sp³-hybridized carbons (Fsp3) is 0.474. The van der Waals surface area contributed by atoms with Gasteiger partial charge < -0.3 is 15.4 Å². The van der Waals surface area contributed by atoms with Gasteiger partial charge in [-0.2, -0.15) is 0 Å². The molecule has 1 saturated carbocycles. The number of benzene rings is 1. The van der Waals surface area contributed by atoms with E-state index >= 15 is 0 Å². The van der Waals surface area contributed by atoms with Crippen LogP contribution in [0.4, 0.5) is 4.79 Å². The normalized spacial score (nSPS) is 14.9. The van der Waals surface area contributed by atoms with Crippen LogP contribution in [-0.4, -0.2) is 36.5 Å². The summed E-state index contributed by atoms with van der Waals surface area (Å²) in [5.41, 5.74) is 0.755. The minimum Gasteiger partial charge on any atom is -0.455 e. The molecule has 1 aromatic rings. The summed E-state index contributed by atoms with van der Waals surface area (Å²) in [5, 5.41) is 7.54. The lowest BCUT2D eigenvalue weighted by Gasteiger charge is -2.17. The molecule has 1 fully saturated rings. The third-order valence-corrected chi connectivity index (χ3v) is 4.26. The Morgan fingerprint density at radius 1 is 1.11 bits per heavy atom. The Balaban J connectivity index is 1.76.